The molecule has 3 aromatic heterocycles. The van der Waals surface area contributed by atoms with Crippen molar-refractivity contribution in [3.05, 3.63) is 149 Å². The zero-order valence-corrected chi connectivity index (χ0v) is 36.1. The summed E-state index contributed by atoms with van der Waals surface area (Å²) in [5, 5.41) is 0. The van der Waals surface area contributed by atoms with E-state index in [1.165, 1.54) is 33.4 Å². The standard InChI is InChI=1S/C52H55N5O/c1-32-24-38(35-19-21-36(22-20-35)47-55-48(51(7,8)9)57-49(56-47)52(10,11)12)25-33(2)46(32)43-30-45(54-31-34(43)3)37-16-15-17-41(27-37)58-42-28-39(44-18-13-14-23-53-44)26-40(29-42)50(4,5)6/h13-31H,1-12H3. The molecular formula is C52H55N5O. The molecule has 0 bridgehead atoms. The average Bonchev–Trinajstić information content (AvgIpc) is 3.17. The molecule has 0 aliphatic rings. The molecule has 0 fully saturated rings. The monoisotopic (exact) mass is 765 g/mol. The maximum absolute atomic E-state index is 6.57. The minimum Gasteiger partial charge on any atom is -0.457 e. The van der Waals surface area contributed by atoms with Gasteiger partial charge in [-0.25, -0.2) is 15.0 Å². The summed E-state index contributed by atoms with van der Waals surface area (Å²) in [6.07, 6.45) is 3.80. The highest BCUT2D eigenvalue weighted by Gasteiger charge is 2.25. The minimum atomic E-state index is -0.189. The molecule has 0 atom stereocenters. The van der Waals surface area contributed by atoms with Gasteiger partial charge in [0, 0.05) is 39.9 Å². The van der Waals surface area contributed by atoms with Gasteiger partial charge in [0.05, 0.1) is 11.4 Å². The molecule has 0 saturated carbocycles. The van der Waals surface area contributed by atoms with E-state index in [1.807, 2.05) is 42.7 Å². The number of ether oxygens (including phenoxy) is 1. The van der Waals surface area contributed by atoms with E-state index in [0.717, 1.165) is 62.4 Å². The van der Waals surface area contributed by atoms with Gasteiger partial charge in [0.15, 0.2) is 5.82 Å². The van der Waals surface area contributed by atoms with Crippen molar-refractivity contribution in [3.63, 3.8) is 0 Å². The fourth-order valence-electron chi connectivity index (χ4n) is 7.12. The number of aromatic nitrogens is 5. The quantitative estimate of drug-likeness (QED) is 0.161. The van der Waals surface area contributed by atoms with Crippen molar-refractivity contribution in [2.45, 2.75) is 99.3 Å². The van der Waals surface area contributed by atoms with Gasteiger partial charge in [-0.2, -0.15) is 0 Å². The van der Waals surface area contributed by atoms with Crippen LogP contribution in [0, 0.1) is 20.8 Å². The lowest BCUT2D eigenvalue weighted by Gasteiger charge is -2.22. The summed E-state index contributed by atoms with van der Waals surface area (Å²) in [4.78, 5) is 24.2. The third-order valence-electron chi connectivity index (χ3n) is 10.5. The van der Waals surface area contributed by atoms with Gasteiger partial charge in [-0.3, -0.25) is 9.97 Å². The SMILES string of the molecule is Cc1cnc(-c2cccc(Oc3cc(-c4ccccn4)cc(C(C)(C)C)c3)c2)cc1-c1c(C)cc(-c2ccc(-c3nc(C(C)(C)C)nc(C(C)(C)C)n3)cc2)cc1C. The summed E-state index contributed by atoms with van der Waals surface area (Å²) in [6, 6.07) is 36.0. The molecule has 0 aliphatic heterocycles. The Hall–Kier alpha value is -6.01. The molecule has 0 N–H and O–H groups in total. The van der Waals surface area contributed by atoms with E-state index in [2.05, 4.69) is 161 Å². The lowest BCUT2D eigenvalue weighted by molar-refractivity contribution is 0.479. The minimum absolute atomic E-state index is 0.0601. The van der Waals surface area contributed by atoms with Crippen LogP contribution in [0.15, 0.2) is 116 Å². The van der Waals surface area contributed by atoms with Crippen LogP contribution in [0.1, 0.15) is 96.2 Å². The Bertz CT molecular complexity index is 2550. The van der Waals surface area contributed by atoms with Gasteiger partial charge in [-0.05, 0) is 119 Å². The Kier molecular flexibility index (Phi) is 10.7. The van der Waals surface area contributed by atoms with Crippen LogP contribution in [0.3, 0.4) is 0 Å². The molecule has 4 aromatic carbocycles. The van der Waals surface area contributed by atoms with Gasteiger partial charge in [-0.15, -0.1) is 0 Å². The molecule has 6 heteroatoms. The molecule has 3 heterocycles. The maximum atomic E-state index is 6.57. The van der Waals surface area contributed by atoms with Crippen molar-refractivity contribution in [1.29, 1.82) is 0 Å². The molecule has 58 heavy (non-hydrogen) atoms. The largest absolute Gasteiger partial charge is 0.457 e. The summed E-state index contributed by atoms with van der Waals surface area (Å²) in [6.45, 7) is 26.0. The molecule has 0 spiro atoms. The van der Waals surface area contributed by atoms with Crippen LogP contribution >= 0.6 is 0 Å². The summed E-state index contributed by atoms with van der Waals surface area (Å²) in [5.41, 5.74) is 13.8. The summed E-state index contributed by atoms with van der Waals surface area (Å²) < 4.78 is 6.57. The first kappa shape index (κ1) is 40.2. The fourth-order valence-corrected chi connectivity index (χ4v) is 7.12. The first-order chi connectivity index (χ1) is 27.3. The molecule has 7 rings (SSSR count). The Morgan fingerprint density at radius 2 is 1.09 bits per heavy atom. The van der Waals surface area contributed by atoms with Crippen LogP contribution in [0.4, 0.5) is 0 Å². The highest BCUT2D eigenvalue weighted by molar-refractivity contribution is 5.81. The van der Waals surface area contributed by atoms with E-state index >= 15 is 0 Å². The third-order valence-corrected chi connectivity index (χ3v) is 10.5. The van der Waals surface area contributed by atoms with Crippen LogP contribution < -0.4 is 4.74 Å². The second kappa shape index (κ2) is 15.4. The molecule has 0 saturated heterocycles. The number of nitrogens with zero attached hydrogens (tertiary/aromatic N) is 5. The second-order valence-corrected chi connectivity index (χ2v) is 18.6. The van der Waals surface area contributed by atoms with Crippen molar-refractivity contribution >= 4 is 0 Å². The molecule has 0 aliphatic carbocycles. The van der Waals surface area contributed by atoms with Crippen LogP contribution in [0.2, 0.25) is 0 Å². The predicted molar refractivity (Wildman–Crippen MR) is 239 cm³/mol. The van der Waals surface area contributed by atoms with E-state index in [-0.39, 0.29) is 16.2 Å². The zero-order valence-electron chi connectivity index (χ0n) is 36.1. The van der Waals surface area contributed by atoms with Crippen molar-refractivity contribution in [3.8, 4) is 67.7 Å². The third kappa shape index (κ3) is 8.77. The number of hydrogen-bond donors (Lipinski definition) is 0. The topological polar surface area (TPSA) is 73.7 Å². The molecule has 0 unspecified atom stereocenters. The predicted octanol–water partition coefficient (Wildman–Crippen LogP) is 13.6. The van der Waals surface area contributed by atoms with Gasteiger partial charge in [-0.1, -0.05) is 117 Å². The summed E-state index contributed by atoms with van der Waals surface area (Å²) >= 11 is 0. The molecule has 294 valence electrons. The maximum Gasteiger partial charge on any atom is 0.163 e. The number of aryl methyl sites for hydroxylation is 3. The first-order valence-electron chi connectivity index (χ1n) is 20.1. The van der Waals surface area contributed by atoms with Crippen LogP contribution in [-0.4, -0.2) is 24.9 Å². The number of benzene rings is 4. The molecule has 6 nitrogen and oxygen atoms in total. The van der Waals surface area contributed by atoms with E-state index in [0.29, 0.717) is 5.82 Å². The summed E-state index contributed by atoms with van der Waals surface area (Å²) in [5.74, 6) is 3.85. The van der Waals surface area contributed by atoms with Crippen molar-refractivity contribution < 1.29 is 4.74 Å². The van der Waals surface area contributed by atoms with E-state index in [4.69, 9.17) is 24.7 Å². The van der Waals surface area contributed by atoms with Crippen LogP contribution in [0.25, 0.3) is 56.2 Å². The Labute approximate surface area is 344 Å². The van der Waals surface area contributed by atoms with Gasteiger partial charge in [0.2, 0.25) is 0 Å². The average molecular weight is 766 g/mol. The van der Waals surface area contributed by atoms with Gasteiger partial charge in [0.25, 0.3) is 0 Å². The van der Waals surface area contributed by atoms with Gasteiger partial charge >= 0.3 is 0 Å². The highest BCUT2D eigenvalue weighted by atomic mass is 16.5. The lowest BCUT2D eigenvalue weighted by Crippen LogP contribution is -2.24. The van der Waals surface area contributed by atoms with E-state index < -0.39 is 0 Å². The second-order valence-electron chi connectivity index (χ2n) is 18.6. The summed E-state index contributed by atoms with van der Waals surface area (Å²) in [7, 11) is 0. The van der Waals surface area contributed by atoms with Gasteiger partial charge in [0.1, 0.15) is 23.1 Å². The van der Waals surface area contributed by atoms with E-state index in [1.54, 1.807) is 0 Å². The Morgan fingerprint density at radius 3 is 1.69 bits per heavy atom. The Balaban J connectivity index is 1.17. The van der Waals surface area contributed by atoms with Crippen LogP contribution in [-0.2, 0) is 16.2 Å². The molecule has 0 amide bonds. The van der Waals surface area contributed by atoms with Crippen molar-refractivity contribution in [2.24, 2.45) is 0 Å². The normalized spacial score (nSPS) is 12.1. The lowest BCUT2D eigenvalue weighted by atomic mass is 9.85. The zero-order chi connectivity index (χ0) is 41.6. The van der Waals surface area contributed by atoms with E-state index in [9.17, 15) is 0 Å². The number of hydrogen-bond acceptors (Lipinski definition) is 6. The van der Waals surface area contributed by atoms with Gasteiger partial charge < -0.3 is 4.74 Å². The molecule has 7 aromatic rings. The van der Waals surface area contributed by atoms with Crippen LogP contribution in [0.5, 0.6) is 11.5 Å². The highest BCUT2D eigenvalue weighted by Crippen LogP contribution is 2.38. The van der Waals surface area contributed by atoms with Crippen molar-refractivity contribution in [1.82, 2.24) is 24.9 Å². The molecule has 0 radical (unpaired) electrons. The fraction of sp³-hybridized carbons (Fsp3) is 0.288. The van der Waals surface area contributed by atoms with Crippen molar-refractivity contribution in [2.75, 3.05) is 0 Å². The number of rotatable bonds is 7. The number of pyridine rings is 2. The first-order valence-corrected chi connectivity index (χ1v) is 20.1. The Morgan fingerprint density at radius 1 is 0.448 bits per heavy atom. The smallest absolute Gasteiger partial charge is 0.163 e. The molecular weight excluding hydrogens is 711 g/mol.